The monoisotopic (exact) mass is 421 g/mol. The van der Waals surface area contributed by atoms with Crippen molar-refractivity contribution in [1.29, 1.82) is 0 Å². The van der Waals surface area contributed by atoms with Crippen molar-refractivity contribution in [2.45, 2.75) is 58.4 Å². The molecule has 1 saturated carbocycles. The van der Waals surface area contributed by atoms with Gasteiger partial charge in [0.25, 0.3) is 0 Å². The molecule has 0 saturated heterocycles. The molecule has 0 bridgehead atoms. The quantitative estimate of drug-likeness (QED) is 0.309. The van der Waals surface area contributed by atoms with Crippen molar-refractivity contribution in [2.75, 3.05) is 26.3 Å². The second-order valence-electron chi connectivity index (χ2n) is 6.31. The van der Waals surface area contributed by atoms with Crippen molar-refractivity contribution in [3.63, 3.8) is 0 Å². The van der Waals surface area contributed by atoms with Crippen LogP contribution in [0.1, 0.15) is 52.4 Å². The van der Waals surface area contributed by atoms with Crippen molar-refractivity contribution in [1.82, 2.24) is 10.6 Å². The van der Waals surface area contributed by atoms with Crippen LogP contribution >= 0.6 is 24.0 Å². The minimum atomic E-state index is 0. The van der Waals surface area contributed by atoms with Gasteiger partial charge in [0.1, 0.15) is 0 Å². The highest BCUT2D eigenvalue weighted by molar-refractivity contribution is 14.0. The number of nitrogens with one attached hydrogen (secondary N) is 2. The molecule has 0 aromatic rings. The van der Waals surface area contributed by atoms with Gasteiger partial charge in [0.2, 0.25) is 0 Å². The van der Waals surface area contributed by atoms with Gasteiger partial charge in [-0.2, -0.15) is 0 Å². The largest absolute Gasteiger partial charge is 0.377 e. The van der Waals surface area contributed by atoms with Gasteiger partial charge in [0.05, 0.1) is 13.2 Å². The molecule has 1 fully saturated rings. The maximum Gasteiger partial charge on any atom is 0.191 e. The Balaban J connectivity index is 0.00000242. The molecule has 0 amide bonds. The minimum absolute atomic E-state index is 0. The summed E-state index contributed by atoms with van der Waals surface area (Å²) in [5.41, 5.74) is 1.49. The van der Waals surface area contributed by atoms with E-state index in [1.165, 1.54) is 31.3 Å². The third-order valence-electron chi connectivity index (χ3n) is 4.38. The number of rotatable bonds is 5. The summed E-state index contributed by atoms with van der Waals surface area (Å²) < 4.78 is 5.34. The summed E-state index contributed by atoms with van der Waals surface area (Å²) in [6.07, 6.45) is 9.60. The first-order valence-electron chi connectivity index (χ1n) is 8.58. The molecule has 1 heterocycles. The Labute approximate surface area is 152 Å². The minimum Gasteiger partial charge on any atom is -0.377 e. The zero-order valence-electron chi connectivity index (χ0n) is 14.1. The van der Waals surface area contributed by atoms with Crippen LogP contribution < -0.4 is 10.6 Å². The molecular weight excluding hydrogens is 389 g/mol. The van der Waals surface area contributed by atoms with E-state index in [1.54, 1.807) is 0 Å². The van der Waals surface area contributed by atoms with Gasteiger partial charge in [-0.3, -0.25) is 4.99 Å². The van der Waals surface area contributed by atoms with Gasteiger partial charge in [-0.05, 0) is 38.5 Å². The molecule has 2 unspecified atom stereocenters. The zero-order chi connectivity index (χ0) is 14.9. The van der Waals surface area contributed by atoms with E-state index in [9.17, 15) is 0 Å². The number of aliphatic imine (C=N–C) groups is 1. The SMILES string of the molecule is CCNC(=NCCC1=CCOCC1)NC1CCCC(C)C1.I. The van der Waals surface area contributed by atoms with Crippen LogP contribution in [0, 0.1) is 5.92 Å². The average Bonchev–Trinajstić information content (AvgIpc) is 2.48. The molecule has 128 valence electrons. The molecule has 22 heavy (non-hydrogen) atoms. The van der Waals surface area contributed by atoms with Gasteiger partial charge in [-0.1, -0.05) is 31.4 Å². The van der Waals surface area contributed by atoms with Crippen molar-refractivity contribution in [2.24, 2.45) is 10.9 Å². The van der Waals surface area contributed by atoms with E-state index in [0.717, 1.165) is 51.0 Å². The van der Waals surface area contributed by atoms with E-state index in [-0.39, 0.29) is 24.0 Å². The molecule has 2 aliphatic rings. The van der Waals surface area contributed by atoms with Crippen molar-refractivity contribution in [3.8, 4) is 0 Å². The topological polar surface area (TPSA) is 45.7 Å². The summed E-state index contributed by atoms with van der Waals surface area (Å²) in [7, 11) is 0. The first kappa shape index (κ1) is 19.7. The highest BCUT2D eigenvalue weighted by atomic mass is 127. The summed E-state index contributed by atoms with van der Waals surface area (Å²) in [6.45, 7) is 7.91. The Bertz CT molecular complexity index is 371. The molecule has 0 aromatic carbocycles. The summed E-state index contributed by atoms with van der Waals surface area (Å²) >= 11 is 0. The molecule has 2 atom stereocenters. The van der Waals surface area contributed by atoms with Crippen molar-refractivity contribution >= 4 is 29.9 Å². The number of nitrogens with zero attached hydrogens (tertiary/aromatic N) is 1. The summed E-state index contributed by atoms with van der Waals surface area (Å²) in [5, 5.41) is 7.00. The second kappa shape index (κ2) is 11.3. The lowest BCUT2D eigenvalue weighted by Crippen LogP contribution is -2.45. The van der Waals surface area contributed by atoms with E-state index in [1.807, 2.05) is 0 Å². The van der Waals surface area contributed by atoms with Gasteiger partial charge >= 0.3 is 0 Å². The number of ether oxygens (including phenoxy) is 1. The molecule has 0 radical (unpaired) electrons. The zero-order valence-corrected chi connectivity index (χ0v) is 16.4. The third kappa shape index (κ3) is 7.31. The van der Waals surface area contributed by atoms with Crippen LogP contribution in [0.5, 0.6) is 0 Å². The van der Waals surface area contributed by atoms with Gasteiger partial charge in [0.15, 0.2) is 5.96 Å². The number of hydrogen-bond acceptors (Lipinski definition) is 2. The lowest BCUT2D eigenvalue weighted by molar-refractivity contribution is 0.153. The van der Waals surface area contributed by atoms with E-state index >= 15 is 0 Å². The van der Waals surface area contributed by atoms with Crippen LogP contribution in [-0.2, 0) is 4.74 Å². The highest BCUT2D eigenvalue weighted by Crippen LogP contribution is 2.23. The first-order valence-corrected chi connectivity index (χ1v) is 8.58. The predicted octanol–water partition coefficient (Wildman–Crippen LogP) is 3.48. The molecule has 2 rings (SSSR count). The van der Waals surface area contributed by atoms with E-state index in [2.05, 4.69) is 30.6 Å². The Morgan fingerprint density at radius 2 is 2.27 bits per heavy atom. The van der Waals surface area contributed by atoms with E-state index in [0.29, 0.717) is 6.04 Å². The fourth-order valence-corrected chi connectivity index (χ4v) is 3.18. The van der Waals surface area contributed by atoms with Crippen molar-refractivity contribution < 1.29 is 4.74 Å². The van der Waals surface area contributed by atoms with Gasteiger partial charge in [-0.15, -0.1) is 24.0 Å². The van der Waals surface area contributed by atoms with E-state index in [4.69, 9.17) is 9.73 Å². The van der Waals surface area contributed by atoms with Crippen LogP contribution in [0.2, 0.25) is 0 Å². The normalized spacial score (nSPS) is 25.9. The van der Waals surface area contributed by atoms with Crippen LogP contribution in [0.3, 0.4) is 0 Å². The fraction of sp³-hybridized carbons (Fsp3) is 0.824. The predicted molar refractivity (Wildman–Crippen MR) is 104 cm³/mol. The maximum atomic E-state index is 5.34. The molecular formula is C17H32IN3O. The Morgan fingerprint density at radius 1 is 1.41 bits per heavy atom. The van der Waals surface area contributed by atoms with Crippen LogP contribution in [0.4, 0.5) is 0 Å². The molecule has 2 N–H and O–H groups in total. The van der Waals surface area contributed by atoms with Gasteiger partial charge < -0.3 is 15.4 Å². The lowest BCUT2D eigenvalue weighted by Gasteiger charge is -2.28. The van der Waals surface area contributed by atoms with Gasteiger partial charge in [-0.25, -0.2) is 0 Å². The Morgan fingerprint density at radius 3 is 2.95 bits per heavy atom. The van der Waals surface area contributed by atoms with Crippen LogP contribution in [-0.4, -0.2) is 38.3 Å². The average molecular weight is 421 g/mol. The molecule has 0 aromatic heterocycles. The third-order valence-corrected chi connectivity index (χ3v) is 4.38. The first-order chi connectivity index (χ1) is 10.3. The Hall–Kier alpha value is -0.300. The molecule has 5 heteroatoms. The molecule has 1 aliphatic heterocycles. The highest BCUT2D eigenvalue weighted by Gasteiger charge is 2.19. The lowest BCUT2D eigenvalue weighted by atomic mass is 9.87. The molecule has 4 nitrogen and oxygen atoms in total. The number of halogens is 1. The van der Waals surface area contributed by atoms with Crippen LogP contribution in [0.25, 0.3) is 0 Å². The van der Waals surface area contributed by atoms with Crippen LogP contribution in [0.15, 0.2) is 16.6 Å². The second-order valence-corrected chi connectivity index (χ2v) is 6.31. The number of guanidine groups is 1. The number of hydrogen-bond donors (Lipinski definition) is 2. The summed E-state index contributed by atoms with van der Waals surface area (Å²) in [6, 6.07) is 0.592. The smallest absolute Gasteiger partial charge is 0.191 e. The van der Waals surface area contributed by atoms with Gasteiger partial charge in [0, 0.05) is 19.1 Å². The summed E-state index contributed by atoms with van der Waals surface area (Å²) in [5.74, 6) is 1.83. The van der Waals surface area contributed by atoms with E-state index < -0.39 is 0 Å². The molecule has 1 aliphatic carbocycles. The standard InChI is InChI=1S/C17H31N3O.HI/c1-3-18-17(20-16-6-4-5-14(2)13-16)19-10-7-15-8-11-21-12-9-15;/h8,14,16H,3-7,9-13H2,1-2H3,(H2,18,19,20);1H. The Kier molecular flexibility index (Phi) is 10.1. The molecule has 0 spiro atoms. The maximum absolute atomic E-state index is 5.34. The van der Waals surface area contributed by atoms with Crippen molar-refractivity contribution in [3.05, 3.63) is 11.6 Å². The summed E-state index contributed by atoms with van der Waals surface area (Å²) in [4.78, 5) is 4.74. The fourth-order valence-electron chi connectivity index (χ4n) is 3.18.